The molecule has 1 aliphatic heterocycles. The van der Waals surface area contributed by atoms with Crippen molar-refractivity contribution in [3.63, 3.8) is 0 Å². The van der Waals surface area contributed by atoms with E-state index in [9.17, 15) is 13.6 Å². The number of methoxy groups -OCH3 is 1. The Bertz CT molecular complexity index is 880. The molecule has 0 saturated carbocycles. The summed E-state index contributed by atoms with van der Waals surface area (Å²) in [6.45, 7) is 6.64. The van der Waals surface area contributed by atoms with Crippen molar-refractivity contribution in [3.8, 4) is 0 Å². The number of piperazine rings is 1. The maximum atomic E-state index is 13.2. The zero-order valence-electron chi connectivity index (χ0n) is 17.2. The number of likely N-dealkylation sites (N-methyl/N-ethyl adjacent to an activating group) is 1. The number of aryl methyl sites for hydroxylation is 1. The van der Waals surface area contributed by atoms with E-state index in [0.29, 0.717) is 0 Å². The Kier molecular flexibility index (Phi) is 8.49. The maximum absolute atomic E-state index is 13.2. The summed E-state index contributed by atoms with van der Waals surface area (Å²) < 4.78 is 30.7. The van der Waals surface area contributed by atoms with Gasteiger partial charge in [-0.05, 0) is 49.9 Å². The van der Waals surface area contributed by atoms with Crippen LogP contribution in [0.25, 0.3) is 0 Å². The monoisotopic (exact) mass is 436 g/mol. The molecule has 0 unspecified atom stereocenters. The summed E-state index contributed by atoms with van der Waals surface area (Å²) >= 11 is 4.46. The lowest BCUT2D eigenvalue weighted by Gasteiger charge is -2.35. The van der Waals surface area contributed by atoms with Gasteiger partial charge in [-0.3, -0.25) is 0 Å². The van der Waals surface area contributed by atoms with Crippen LogP contribution in [0.15, 0.2) is 30.3 Å². The van der Waals surface area contributed by atoms with Crippen LogP contribution in [0.3, 0.4) is 0 Å². The van der Waals surface area contributed by atoms with Crippen LogP contribution in [0, 0.1) is 18.6 Å². The van der Waals surface area contributed by atoms with Crippen LogP contribution in [-0.4, -0.2) is 56.7 Å². The minimum absolute atomic E-state index is 0.132. The number of rotatable bonds is 4. The summed E-state index contributed by atoms with van der Waals surface area (Å²) in [5, 5.41) is 2.43. The van der Waals surface area contributed by atoms with Gasteiger partial charge in [0.25, 0.3) is 0 Å². The third kappa shape index (κ3) is 6.11. The van der Waals surface area contributed by atoms with Crippen LogP contribution in [0.2, 0.25) is 0 Å². The molecule has 1 aliphatic rings. The van der Waals surface area contributed by atoms with Gasteiger partial charge in [0.1, 0.15) is 17.2 Å². The largest absolute Gasteiger partial charge is 0.465 e. The number of halogens is 2. The first-order chi connectivity index (χ1) is 14.3. The Hall–Kier alpha value is -2.78. The summed E-state index contributed by atoms with van der Waals surface area (Å²) in [4.78, 5) is 15.8. The summed E-state index contributed by atoms with van der Waals surface area (Å²) in [5.74, 6) is -3.05. The molecule has 0 aliphatic carbocycles. The van der Waals surface area contributed by atoms with Gasteiger partial charge in [0.2, 0.25) is 0 Å². The van der Waals surface area contributed by atoms with E-state index < -0.39 is 23.2 Å². The molecule has 9 heteroatoms. The van der Waals surface area contributed by atoms with Crippen molar-refractivity contribution in [1.82, 2.24) is 4.90 Å². The number of hydrogen-bond acceptors (Lipinski definition) is 6. The molecule has 162 valence electrons. The van der Waals surface area contributed by atoms with Crippen LogP contribution in [-0.2, 0) is 4.74 Å². The smallest absolute Gasteiger partial charge is 0.343 e. The van der Waals surface area contributed by atoms with E-state index in [0.717, 1.165) is 56.6 Å². The number of benzene rings is 2. The fourth-order valence-electron chi connectivity index (χ4n) is 3.10. The molecule has 3 rings (SSSR count). The molecular weight excluding hydrogens is 410 g/mol. The topological polar surface area (TPSA) is 70.8 Å². The van der Waals surface area contributed by atoms with Crippen molar-refractivity contribution >= 4 is 40.7 Å². The summed E-state index contributed by atoms with van der Waals surface area (Å²) in [6.07, 6.45) is 0. The zero-order chi connectivity index (χ0) is 22.3. The highest BCUT2D eigenvalue weighted by Gasteiger charge is 2.19. The van der Waals surface area contributed by atoms with Gasteiger partial charge in [-0.1, -0.05) is 12.2 Å². The molecule has 0 atom stereocenters. The highest BCUT2D eigenvalue weighted by molar-refractivity contribution is 7.79. The van der Waals surface area contributed by atoms with Crippen molar-refractivity contribution < 1.29 is 18.3 Å². The number of esters is 1. The molecule has 6 nitrogen and oxygen atoms in total. The van der Waals surface area contributed by atoms with Crippen molar-refractivity contribution in [1.29, 1.82) is 0 Å². The number of carbonyl (C=O) groups is 1. The molecule has 0 amide bonds. The normalized spacial score (nSPS) is 13.8. The minimum Gasteiger partial charge on any atom is -0.465 e. The van der Waals surface area contributed by atoms with Crippen LogP contribution < -0.4 is 16.0 Å². The van der Waals surface area contributed by atoms with E-state index in [4.69, 9.17) is 5.73 Å². The quantitative estimate of drug-likeness (QED) is 0.432. The van der Waals surface area contributed by atoms with Gasteiger partial charge in [-0.25, -0.2) is 13.6 Å². The third-order valence-electron chi connectivity index (χ3n) is 4.72. The second-order valence-electron chi connectivity index (χ2n) is 6.90. The fourth-order valence-corrected chi connectivity index (χ4v) is 3.24. The first kappa shape index (κ1) is 23.5. The number of thiocarbonyl (C=S) groups is 1. The summed E-state index contributed by atoms with van der Waals surface area (Å²) in [7, 11) is 3.22. The first-order valence-electron chi connectivity index (χ1n) is 9.34. The zero-order valence-corrected chi connectivity index (χ0v) is 18.1. The molecule has 0 spiro atoms. The number of nitrogens with one attached hydrogen (secondary N) is 1. The highest BCUT2D eigenvalue weighted by atomic mass is 32.1. The average Bonchev–Trinajstić information content (AvgIpc) is 2.69. The standard InChI is InChI=1S/C12H19N3.C9H7F2NO2S/c1-10-9-11(13)3-4-12(10)15-7-5-14(2)6-8-15;1-14-9(13)8-6(10)2-5(12-4-15)3-7(8)11/h3-4,9H,5-8,13H2,1-2H3;2-4H,1H3,(H,12,15). The van der Waals surface area contributed by atoms with Crippen molar-refractivity contribution in [3.05, 3.63) is 53.1 Å². The Labute approximate surface area is 180 Å². The molecular formula is C21H26F2N4O2S. The first-order valence-corrected chi connectivity index (χ1v) is 9.81. The third-order valence-corrected chi connectivity index (χ3v) is 4.84. The van der Waals surface area contributed by atoms with E-state index in [2.05, 4.69) is 52.1 Å². The van der Waals surface area contributed by atoms with Gasteiger partial charge < -0.3 is 25.6 Å². The van der Waals surface area contributed by atoms with E-state index in [1.54, 1.807) is 0 Å². The lowest BCUT2D eigenvalue weighted by atomic mass is 10.1. The van der Waals surface area contributed by atoms with E-state index in [-0.39, 0.29) is 5.69 Å². The molecule has 1 heterocycles. The van der Waals surface area contributed by atoms with Crippen LogP contribution in [0.4, 0.5) is 25.8 Å². The number of hydrogen-bond donors (Lipinski definition) is 2. The maximum Gasteiger partial charge on any atom is 0.343 e. The lowest BCUT2D eigenvalue weighted by Crippen LogP contribution is -2.44. The van der Waals surface area contributed by atoms with Gasteiger partial charge in [0, 0.05) is 43.2 Å². The van der Waals surface area contributed by atoms with Crippen LogP contribution in [0.1, 0.15) is 15.9 Å². The summed E-state index contributed by atoms with van der Waals surface area (Å²) in [6, 6.07) is 8.08. The predicted octanol–water partition coefficient (Wildman–Crippen LogP) is 3.45. The Morgan fingerprint density at radius 1 is 1.17 bits per heavy atom. The molecule has 2 aromatic rings. The van der Waals surface area contributed by atoms with Crippen LogP contribution >= 0.6 is 12.2 Å². The number of nitrogens with zero attached hydrogens (tertiary/aromatic N) is 2. The molecule has 0 radical (unpaired) electrons. The SMILES string of the molecule is COC(=O)c1c(F)cc(NC=S)cc1F.Cc1cc(N)ccc1N1CCN(C)CC1. The average molecular weight is 437 g/mol. The lowest BCUT2D eigenvalue weighted by molar-refractivity contribution is 0.0590. The predicted molar refractivity (Wildman–Crippen MR) is 120 cm³/mol. The van der Waals surface area contributed by atoms with Gasteiger partial charge in [0.15, 0.2) is 0 Å². The molecule has 3 N–H and O–H groups in total. The molecule has 1 saturated heterocycles. The van der Waals surface area contributed by atoms with Crippen LogP contribution in [0.5, 0.6) is 0 Å². The molecule has 1 fully saturated rings. The van der Waals surface area contributed by atoms with Crippen molar-refractivity contribution in [2.45, 2.75) is 6.92 Å². The Morgan fingerprint density at radius 2 is 1.77 bits per heavy atom. The number of carbonyl (C=O) groups excluding carboxylic acids is 1. The number of ether oxygens (including phenoxy) is 1. The van der Waals surface area contributed by atoms with Gasteiger partial charge in [0.05, 0.1) is 12.6 Å². The number of anilines is 3. The van der Waals surface area contributed by atoms with Crippen molar-refractivity contribution in [2.75, 3.05) is 56.3 Å². The second-order valence-corrected chi connectivity index (χ2v) is 7.14. The second kappa shape index (κ2) is 10.8. The molecule has 2 aromatic carbocycles. The van der Waals surface area contributed by atoms with E-state index in [1.165, 1.54) is 11.3 Å². The fraction of sp³-hybridized carbons (Fsp3) is 0.333. The number of nitrogens with two attached hydrogens (primary N) is 1. The highest BCUT2D eigenvalue weighted by Crippen LogP contribution is 2.23. The summed E-state index contributed by atoms with van der Waals surface area (Å²) in [5.41, 5.74) is 9.73. The minimum atomic E-state index is -1.06. The van der Waals surface area contributed by atoms with E-state index >= 15 is 0 Å². The molecule has 0 bridgehead atoms. The molecule has 0 aromatic heterocycles. The van der Waals surface area contributed by atoms with Gasteiger partial charge in [-0.15, -0.1) is 0 Å². The molecule has 30 heavy (non-hydrogen) atoms. The van der Waals surface area contributed by atoms with Gasteiger partial charge >= 0.3 is 5.97 Å². The Morgan fingerprint density at radius 3 is 2.27 bits per heavy atom. The van der Waals surface area contributed by atoms with Crippen molar-refractivity contribution in [2.24, 2.45) is 0 Å². The number of nitrogen functional groups attached to an aromatic ring is 1. The van der Waals surface area contributed by atoms with Gasteiger partial charge in [-0.2, -0.15) is 0 Å². The van der Waals surface area contributed by atoms with E-state index in [1.807, 2.05) is 12.1 Å². The Balaban J connectivity index is 0.000000214.